The molecule has 9 heteroatoms. The SMILES string of the molecule is COC(=O)c1cccc(NC(=O)C=Cc2ccc(S(=O)(=O)NCc3ccco3)cc2)c1. The van der Waals surface area contributed by atoms with Gasteiger partial charge in [-0.1, -0.05) is 18.2 Å². The standard InChI is InChI=1S/C22H20N2O6S/c1-29-22(26)17-4-2-5-18(14-17)24-21(25)12-9-16-7-10-20(11-8-16)31(27,28)23-15-19-6-3-13-30-19/h2-14,23H,15H2,1H3,(H,24,25). The molecule has 1 amide bonds. The number of sulfonamides is 1. The van der Waals surface area contributed by atoms with Crippen LogP contribution in [-0.4, -0.2) is 27.4 Å². The minimum atomic E-state index is -3.69. The number of nitrogens with one attached hydrogen (secondary N) is 2. The number of amides is 1. The quantitative estimate of drug-likeness (QED) is 0.411. The van der Waals surface area contributed by atoms with Crippen LogP contribution in [-0.2, 0) is 26.1 Å². The number of hydrogen-bond donors (Lipinski definition) is 2. The second-order valence-electron chi connectivity index (χ2n) is 6.37. The number of methoxy groups -OCH3 is 1. The predicted octanol–water partition coefficient (Wildman–Crippen LogP) is 3.20. The molecule has 0 aliphatic rings. The van der Waals surface area contributed by atoms with Crippen molar-refractivity contribution in [1.29, 1.82) is 0 Å². The van der Waals surface area contributed by atoms with Gasteiger partial charge >= 0.3 is 5.97 Å². The van der Waals surface area contributed by atoms with Crippen molar-refractivity contribution in [2.75, 3.05) is 12.4 Å². The predicted molar refractivity (Wildman–Crippen MR) is 115 cm³/mol. The molecule has 2 aromatic carbocycles. The summed E-state index contributed by atoms with van der Waals surface area (Å²) in [6, 6.07) is 15.8. The van der Waals surface area contributed by atoms with Crippen molar-refractivity contribution in [2.45, 2.75) is 11.4 Å². The first-order chi connectivity index (χ1) is 14.9. The van der Waals surface area contributed by atoms with Crippen LogP contribution in [0.1, 0.15) is 21.7 Å². The van der Waals surface area contributed by atoms with Gasteiger partial charge in [-0.05, 0) is 54.1 Å². The van der Waals surface area contributed by atoms with Crippen LogP contribution in [0.4, 0.5) is 5.69 Å². The Kier molecular flexibility index (Phi) is 7.01. The number of benzene rings is 2. The average molecular weight is 440 g/mol. The molecule has 0 radical (unpaired) electrons. The van der Waals surface area contributed by atoms with E-state index < -0.39 is 21.9 Å². The topological polar surface area (TPSA) is 115 Å². The second kappa shape index (κ2) is 9.88. The third kappa shape index (κ3) is 6.14. The molecule has 3 aromatic rings. The van der Waals surface area contributed by atoms with Gasteiger partial charge in [0.2, 0.25) is 15.9 Å². The van der Waals surface area contributed by atoms with Gasteiger partial charge < -0.3 is 14.5 Å². The molecule has 160 valence electrons. The van der Waals surface area contributed by atoms with Crippen LogP contribution in [0.15, 0.2) is 82.3 Å². The van der Waals surface area contributed by atoms with Gasteiger partial charge in [0.15, 0.2) is 0 Å². The molecular formula is C22H20N2O6S. The molecule has 0 atom stereocenters. The molecule has 0 spiro atoms. The largest absolute Gasteiger partial charge is 0.468 e. The number of ether oxygens (including phenoxy) is 1. The zero-order valence-corrected chi connectivity index (χ0v) is 17.4. The minimum Gasteiger partial charge on any atom is -0.468 e. The third-order valence-corrected chi connectivity index (χ3v) is 5.60. The highest BCUT2D eigenvalue weighted by Crippen LogP contribution is 2.14. The zero-order chi connectivity index (χ0) is 22.3. The molecule has 0 aliphatic carbocycles. The van der Waals surface area contributed by atoms with E-state index in [2.05, 4.69) is 14.8 Å². The summed E-state index contributed by atoms with van der Waals surface area (Å²) < 4.78 is 36.9. The zero-order valence-electron chi connectivity index (χ0n) is 16.6. The Labute approximate surface area is 179 Å². The number of furan rings is 1. The van der Waals surface area contributed by atoms with Gasteiger partial charge in [0.25, 0.3) is 0 Å². The van der Waals surface area contributed by atoms with Gasteiger partial charge in [-0.3, -0.25) is 4.79 Å². The highest BCUT2D eigenvalue weighted by atomic mass is 32.2. The number of rotatable bonds is 8. The van der Waals surface area contributed by atoms with Crippen LogP contribution in [0.3, 0.4) is 0 Å². The van der Waals surface area contributed by atoms with Crippen LogP contribution in [0.25, 0.3) is 6.08 Å². The van der Waals surface area contributed by atoms with Crippen LogP contribution in [0, 0.1) is 0 Å². The Morgan fingerprint density at radius 2 is 1.84 bits per heavy atom. The lowest BCUT2D eigenvalue weighted by atomic mass is 10.2. The van der Waals surface area contributed by atoms with Crippen LogP contribution >= 0.6 is 0 Å². The lowest BCUT2D eigenvalue weighted by Gasteiger charge is -2.06. The molecule has 1 aromatic heterocycles. The summed E-state index contributed by atoms with van der Waals surface area (Å²) in [7, 11) is -2.41. The van der Waals surface area contributed by atoms with E-state index in [-0.39, 0.29) is 11.4 Å². The maximum atomic E-state index is 12.3. The summed E-state index contributed by atoms with van der Waals surface area (Å²) in [5.41, 5.74) is 1.41. The second-order valence-corrected chi connectivity index (χ2v) is 8.13. The summed E-state index contributed by atoms with van der Waals surface area (Å²) in [6.45, 7) is 0.0499. The smallest absolute Gasteiger partial charge is 0.337 e. The third-order valence-electron chi connectivity index (χ3n) is 4.19. The Hall–Kier alpha value is -3.69. The molecule has 0 saturated carbocycles. The molecule has 8 nitrogen and oxygen atoms in total. The Balaban J connectivity index is 1.60. The lowest BCUT2D eigenvalue weighted by Crippen LogP contribution is -2.22. The summed E-state index contributed by atoms with van der Waals surface area (Å²) in [5, 5.41) is 2.65. The maximum Gasteiger partial charge on any atom is 0.337 e. The van der Waals surface area contributed by atoms with Gasteiger partial charge in [-0.15, -0.1) is 0 Å². The van der Waals surface area contributed by atoms with Gasteiger partial charge in [0, 0.05) is 11.8 Å². The highest BCUT2D eigenvalue weighted by Gasteiger charge is 2.14. The van der Waals surface area contributed by atoms with E-state index in [1.807, 2.05) is 0 Å². The van der Waals surface area contributed by atoms with E-state index in [9.17, 15) is 18.0 Å². The fourth-order valence-corrected chi connectivity index (χ4v) is 3.61. The number of esters is 1. The van der Waals surface area contributed by atoms with Gasteiger partial charge in [-0.25, -0.2) is 17.9 Å². The summed E-state index contributed by atoms with van der Waals surface area (Å²) in [4.78, 5) is 23.8. The van der Waals surface area contributed by atoms with Crippen molar-refractivity contribution >= 4 is 33.7 Å². The van der Waals surface area contributed by atoms with E-state index >= 15 is 0 Å². The summed E-state index contributed by atoms with van der Waals surface area (Å²) in [5.74, 6) is -0.398. The average Bonchev–Trinajstić information content (AvgIpc) is 3.30. The van der Waals surface area contributed by atoms with Crippen LogP contribution < -0.4 is 10.0 Å². The van der Waals surface area contributed by atoms with Crippen molar-refractivity contribution in [3.05, 3.63) is 89.9 Å². The Bertz CT molecular complexity index is 1180. The first-order valence-electron chi connectivity index (χ1n) is 9.17. The lowest BCUT2D eigenvalue weighted by molar-refractivity contribution is -0.111. The monoisotopic (exact) mass is 440 g/mol. The number of anilines is 1. The highest BCUT2D eigenvalue weighted by molar-refractivity contribution is 7.89. The minimum absolute atomic E-state index is 0.0499. The molecule has 3 rings (SSSR count). The van der Waals surface area contributed by atoms with Gasteiger partial charge in [0.05, 0.1) is 30.4 Å². The molecular weight excluding hydrogens is 420 g/mol. The first-order valence-corrected chi connectivity index (χ1v) is 10.7. The van der Waals surface area contributed by atoms with E-state index in [4.69, 9.17) is 4.42 Å². The van der Waals surface area contributed by atoms with Crippen molar-refractivity contribution < 1.29 is 27.2 Å². The molecule has 0 aliphatic heterocycles. The Morgan fingerprint density at radius 3 is 2.52 bits per heavy atom. The van der Waals surface area contributed by atoms with E-state index in [1.165, 1.54) is 37.6 Å². The van der Waals surface area contributed by atoms with Crippen molar-refractivity contribution in [1.82, 2.24) is 4.72 Å². The molecule has 0 fully saturated rings. The molecule has 1 heterocycles. The number of carbonyl (C=O) groups is 2. The maximum absolute atomic E-state index is 12.3. The van der Waals surface area contributed by atoms with Crippen LogP contribution in [0.5, 0.6) is 0 Å². The summed E-state index contributed by atoms with van der Waals surface area (Å²) in [6.07, 6.45) is 4.33. The van der Waals surface area contributed by atoms with Gasteiger partial charge in [-0.2, -0.15) is 0 Å². The van der Waals surface area contributed by atoms with Crippen molar-refractivity contribution in [2.24, 2.45) is 0 Å². The molecule has 0 saturated heterocycles. The van der Waals surface area contributed by atoms with E-state index in [1.54, 1.807) is 48.5 Å². The Morgan fingerprint density at radius 1 is 1.06 bits per heavy atom. The fraction of sp³-hybridized carbons (Fsp3) is 0.0909. The molecule has 31 heavy (non-hydrogen) atoms. The molecule has 0 unspecified atom stereocenters. The normalized spacial score (nSPS) is 11.4. The summed E-state index contributed by atoms with van der Waals surface area (Å²) >= 11 is 0. The number of carbonyl (C=O) groups excluding carboxylic acids is 2. The van der Waals surface area contributed by atoms with E-state index in [0.29, 0.717) is 22.6 Å². The fourth-order valence-electron chi connectivity index (χ4n) is 2.62. The van der Waals surface area contributed by atoms with Gasteiger partial charge in [0.1, 0.15) is 5.76 Å². The van der Waals surface area contributed by atoms with Crippen LogP contribution in [0.2, 0.25) is 0 Å². The van der Waals surface area contributed by atoms with Crippen molar-refractivity contribution in [3.8, 4) is 0 Å². The first kappa shape index (κ1) is 22.0. The van der Waals surface area contributed by atoms with E-state index in [0.717, 1.165) is 0 Å². The molecule has 2 N–H and O–H groups in total. The van der Waals surface area contributed by atoms with Crippen molar-refractivity contribution in [3.63, 3.8) is 0 Å². The molecule has 0 bridgehead atoms. The number of hydrogen-bond acceptors (Lipinski definition) is 6.